The number of rotatable bonds is 7. The van der Waals surface area contributed by atoms with Gasteiger partial charge in [-0.2, -0.15) is 0 Å². The highest BCUT2D eigenvalue weighted by molar-refractivity contribution is 6.17. The summed E-state index contributed by atoms with van der Waals surface area (Å²) in [5.41, 5.74) is 0.807. The fourth-order valence-electron chi connectivity index (χ4n) is 2.79. The van der Waals surface area contributed by atoms with Crippen LogP contribution in [0.15, 0.2) is 103 Å². The molecular formula is C25H19ClO3. The number of hydrogen-bond acceptors (Lipinski definition) is 3. The highest BCUT2D eigenvalue weighted by atomic mass is 35.5. The van der Waals surface area contributed by atoms with Gasteiger partial charge < -0.3 is 14.2 Å². The van der Waals surface area contributed by atoms with Crippen LogP contribution in [0.2, 0.25) is 0 Å². The Balaban J connectivity index is 1.74. The highest BCUT2D eigenvalue weighted by Crippen LogP contribution is 2.41. The molecule has 0 bridgehead atoms. The van der Waals surface area contributed by atoms with Gasteiger partial charge in [-0.1, -0.05) is 54.6 Å². The maximum atomic E-state index is 6.21. The molecular weight excluding hydrogens is 384 g/mol. The Bertz CT molecular complexity index is 1050. The maximum absolute atomic E-state index is 6.21. The Hall–Kier alpha value is -3.43. The first-order valence-corrected chi connectivity index (χ1v) is 9.77. The van der Waals surface area contributed by atoms with Gasteiger partial charge in [-0.25, -0.2) is 0 Å². The Morgan fingerprint density at radius 3 is 1.28 bits per heavy atom. The molecule has 4 heteroatoms. The molecule has 4 aromatic carbocycles. The molecule has 0 saturated carbocycles. The van der Waals surface area contributed by atoms with E-state index in [0.717, 1.165) is 11.3 Å². The minimum Gasteiger partial charge on any atom is -0.457 e. The lowest BCUT2D eigenvalue weighted by Crippen LogP contribution is -1.96. The minimum absolute atomic E-state index is 0.277. The van der Waals surface area contributed by atoms with Crippen molar-refractivity contribution in [2.24, 2.45) is 0 Å². The van der Waals surface area contributed by atoms with E-state index in [1.54, 1.807) is 0 Å². The third kappa shape index (κ3) is 4.89. The third-order valence-electron chi connectivity index (χ3n) is 4.18. The van der Waals surface area contributed by atoms with Gasteiger partial charge in [0, 0.05) is 11.6 Å². The normalized spacial score (nSPS) is 10.4. The zero-order valence-corrected chi connectivity index (χ0v) is 16.4. The Morgan fingerprint density at radius 1 is 0.483 bits per heavy atom. The van der Waals surface area contributed by atoms with E-state index in [9.17, 15) is 0 Å². The van der Waals surface area contributed by atoms with E-state index >= 15 is 0 Å². The predicted octanol–water partition coefficient (Wildman–Crippen LogP) is 7.80. The number of para-hydroxylation sites is 3. The second kappa shape index (κ2) is 9.18. The van der Waals surface area contributed by atoms with Crippen LogP contribution < -0.4 is 14.2 Å². The first-order chi connectivity index (χ1) is 14.3. The lowest BCUT2D eigenvalue weighted by molar-refractivity contribution is 0.411. The van der Waals surface area contributed by atoms with Crippen LogP contribution in [0.1, 0.15) is 5.56 Å². The maximum Gasteiger partial charge on any atom is 0.173 e. The van der Waals surface area contributed by atoms with Gasteiger partial charge in [0.1, 0.15) is 23.0 Å². The number of alkyl halides is 1. The van der Waals surface area contributed by atoms with E-state index in [2.05, 4.69) is 0 Å². The molecule has 4 rings (SSSR count). The standard InChI is InChI=1S/C25H19ClO3/c26-18-19-16-24(28-21-12-6-2-7-13-21)25(29-22-14-8-3-9-15-22)17-23(19)27-20-10-4-1-5-11-20/h1-17H,18H2. The molecule has 0 aliphatic rings. The number of hydrogen-bond donors (Lipinski definition) is 0. The molecule has 0 saturated heterocycles. The van der Waals surface area contributed by atoms with E-state index in [1.165, 1.54) is 0 Å². The van der Waals surface area contributed by atoms with Crippen molar-refractivity contribution in [1.82, 2.24) is 0 Å². The van der Waals surface area contributed by atoms with Gasteiger partial charge in [-0.05, 0) is 42.5 Å². The van der Waals surface area contributed by atoms with Crippen molar-refractivity contribution in [2.45, 2.75) is 5.88 Å². The molecule has 0 unspecified atom stereocenters. The van der Waals surface area contributed by atoms with Crippen LogP contribution in [0.4, 0.5) is 0 Å². The van der Waals surface area contributed by atoms with E-state index in [0.29, 0.717) is 28.7 Å². The highest BCUT2D eigenvalue weighted by Gasteiger charge is 2.15. The summed E-state index contributed by atoms with van der Waals surface area (Å²) in [6, 6.07) is 32.4. The van der Waals surface area contributed by atoms with E-state index in [4.69, 9.17) is 25.8 Å². The van der Waals surface area contributed by atoms with Gasteiger partial charge in [0.05, 0.1) is 5.88 Å². The fourth-order valence-corrected chi connectivity index (χ4v) is 3.00. The topological polar surface area (TPSA) is 27.7 Å². The van der Waals surface area contributed by atoms with Crippen LogP contribution in [0.25, 0.3) is 0 Å². The van der Waals surface area contributed by atoms with Gasteiger partial charge in [-0.3, -0.25) is 0 Å². The summed E-state index contributed by atoms with van der Waals surface area (Å²) in [5, 5.41) is 0. The van der Waals surface area contributed by atoms with Crippen LogP contribution in [0.3, 0.4) is 0 Å². The SMILES string of the molecule is ClCc1cc(Oc2ccccc2)c(Oc2ccccc2)cc1Oc1ccccc1. The molecule has 4 aromatic rings. The molecule has 0 aliphatic heterocycles. The number of halogens is 1. The molecule has 0 radical (unpaired) electrons. The van der Waals surface area contributed by atoms with Crippen LogP contribution in [0, 0.1) is 0 Å². The molecule has 29 heavy (non-hydrogen) atoms. The van der Waals surface area contributed by atoms with Crippen molar-refractivity contribution in [1.29, 1.82) is 0 Å². The molecule has 0 atom stereocenters. The Kier molecular flexibility index (Phi) is 5.98. The van der Waals surface area contributed by atoms with Gasteiger partial charge >= 0.3 is 0 Å². The Morgan fingerprint density at radius 2 is 0.862 bits per heavy atom. The quantitative estimate of drug-likeness (QED) is 0.295. The van der Waals surface area contributed by atoms with Gasteiger partial charge in [-0.15, -0.1) is 11.6 Å². The van der Waals surface area contributed by atoms with Gasteiger partial charge in [0.2, 0.25) is 0 Å². The predicted molar refractivity (Wildman–Crippen MR) is 116 cm³/mol. The molecule has 3 nitrogen and oxygen atoms in total. The fraction of sp³-hybridized carbons (Fsp3) is 0.0400. The van der Waals surface area contributed by atoms with Crippen molar-refractivity contribution in [3.8, 4) is 34.5 Å². The molecule has 0 aliphatic carbocycles. The zero-order valence-electron chi connectivity index (χ0n) is 15.6. The first-order valence-electron chi connectivity index (χ1n) is 9.23. The molecule has 0 aromatic heterocycles. The minimum atomic E-state index is 0.277. The lowest BCUT2D eigenvalue weighted by Gasteiger charge is -2.17. The van der Waals surface area contributed by atoms with Gasteiger partial charge in [0.25, 0.3) is 0 Å². The van der Waals surface area contributed by atoms with Crippen LogP contribution in [-0.4, -0.2) is 0 Å². The second-order valence-corrected chi connectivity index (χ2v) is 6.55. The average Bonchev–Trinajstić information content (AvgIpc) is 2.77. The largest absolute Gasteiger partial charge is 0.457 e. The van der Waals surface area contributed by atoms with Crippen molar-refractivity contribution in [3.05, 3.63) is 109 Å². The molecule has 0 spiro atoms. The monoisotopic (exact) mass is 402 g/mol. The van der Waals surface area contributed by atoms with Gasteiger partial charge in [0.15, 0.2) is 11.5 Å². The molecule has 0 heterocycles. The average molecular weight is 403 g/mol. The molecule has 144 valence electrons. The number of ether oxygens (including phenoxy) is 3. The summed E-state index contributed by atoms with van der Waals surface area (Å²) < 4.78 is 18.3. The van der Waals surface area contributed by atoms with Crippen molar-refractivity contribution in [3.63, 3.8) is 0 Å². The van der Waals surface area contributed by atoms with Crippen LogP contribution in [-0.2, 0) is 5.88 Å². The van der Waals surface area contributed by atoms with Crippen LogP contribution in [0.5, 0.6) is 34.5 Å². The van der Waals surface area contributed by atoms with Crippen LogP contribution >= 0.6 is 11.6 Å². The van der Waals surface area contributed by atoms with E-state index in [-0.39, 0.29) is 5.88 Å². The summed E-state index contributed by atoms with van der Waals surface area (Å²) in [6.07, 6.45) is 0. The summed E-state index contributed by atoms with van der Waals surface area (Å²) >= 11 is 6.21. The second-order valence-electron chi connectivity index (χ2n) is 6.29. The number of benzene rings is 4. The van der Waals surface area contributed by atoms with Crippen molar-refractivity contribution in [2.75, 3.05) is 0 Å². The third-order valence-corrected chi connectivity index (χ3v) is 4.47. The smallest absolute Gasteiger partial charge is 0.173 e. The molecule has 0 N–H and O–H groups in total. The summed E-state index contributed by atoms with van der Waals surface area (Å²) in [4.78, 5) is 0. The molecule has 0 fully saturated rings. The lowest BCUT2D eigenvalue weighted by atomic mass is 10.2. The zero-order chi connectivity index (χ0) is 19.9. The summed E-state index contributed by atoms with van der Waals surface area (Å²) in [6.45, 7) is 0. The van der Waals surface area contributed by atoms with Crippen molar-refractivity contribution < 1.29 is 14.2 Å². The van der Waals surface area contributed by atoms with E-state index in [1.807, 2.05) is 103 Å². The molecule has 0 amide bonds. The first kappa shape index (κ1) is 18.9. The van der Waals surface area contributed by atoms with Crippen molar-refractivity contribution >= 4 is 11.6 Å². The summed E-state index contributed by atoms with van der Waals surface area (Å²) in [5.74, 6) is 4.14. The Labute approximate surface area is 175 Å². The van der Waals surface area contributed by atoms with E-state index < -0.39 is 0 Å². The summed E-state index contributed by atoms with van der Waals surface area (Å²) in [7, 11) is 0.